The number of allylic oxidation sites excluding steroid dienone is 26. The van der Waals surface area contributed by atoms with E-state index in [1.54, 1.807) is 0 Å². The second-order valence-electron chi connectivity index (χ2n) is 31.1. The molecule has 0 bridgehead atoms. The Kier molecular flexibility index (Phi) is 86.7. The van der Waals surface area contributed by atoms with E-state index in [4.69, 9.17) is 32.3 Å². The molecule has 0 fully saturated rings. The maximum absolute atomic E-state index is 13.1. The van der Waals surface area contributed by atoms with E-state index in [-0.39, 0.29) is 19.3 Å². The normalized spacial score (nSPS) is 14.5. The third kappa shape index (κ3) is 91.7. The average Bonchev–Trinajstić information content (AvgIpc) is 0.901. The summed E-state index contributed by atoms with van der Waals surface area (Å²) < 4.78 is 61.5. The van der Waals surface area contributed by atoms with Crippen molar-refractivity contribution in [2.24, 2.45) is 0 Å². The molecule has 0 aliphatic heterocycles. The number of aliphatic hydroxyl groups excluding tert-OH is 2. The van der Waals surface area contributed by atoms with Crippen LogP contribution in [0.4, 0.5) is 0 Å². The number of carbonyl (C=O) groups is 3. The van der Waals surface area contributed by atoms with Crippen molar-refractivity contribution in [1.29, 1.82) is 0 Å². The largest absolute Gasteiger partial charge is 0.472 e. The van der Waals surface area contributed by atoms with Gasteiger partial charge in [-0.15, -0.1) is 0 Å². The zero-order valence-corrected chi connectivity index (χ0v) is 75.9. The minimum absolute atomic E-state index is 0.0885. The van der Waals surface area contributed by atoms with Gasteiger partial charge in [0, 0.05) is 19.3 Å². The molecule has 0 aliphatic carbocycles. The topological polar surface area (TPSA) is 231 Å². The first-order valence-electron chi connectivity index (χ1n) is 46.8. The minimum atomic E-state index is -4.95. The first-order valence-corrected chi connectivity index (χ1v) is 49.8. The number of hydrogen-bond acceptors (Lipinski definition) is 14. The van der Waals surface area contributed by atoms with Crippen LogP contribution < -0.4 is 0 Å². The van der Waals surface area contributed by atoms with Crippen molar-refractivity contribution in [3.8, 4) is 0 Å². The van der Waals surface area contributed by atoms with E-state index in [0.717, 1.165) is 167 Å². The predicted molar refractivity (Wildman–Crippen MR) is 491 cm³/mol. The molecule has 5 unspecified atom stereocenters. The van der Waals surface area contributed by atoms with Crippen LogP contribution in [0.3, 0.4) is 0 Å². The number of unbranched alkanes of at least 4 members (excludes halogenated alkanes) is 39. The Balaban J connectivity index is 4.62. The number of esters is 3. The van der Waals surface area contributed by atoms with E-state index >= 15 is 0 Å². The molecular weight excluding hydrogens is 1510 g/mol. The van der Waals surface area contributed by atoms with E-state index in [2.05, 4.69) is 179 Å². The SMILES string of the molecule is CC/C=C\C/C=C\C/C=C\C/C=C\C/C=C\CCCCCCCCCCCCCCCCCC(=O)OCC(O)COP(=O)(O)OCC(O)COP(=O)(O)OCC(COC(=O)CCCCCCCCCCCCC/C=C\C/C=C\C/C=C\C/C=C\CCCCC)OC(=O)CCCCCCCCC/C=C\C/C=C\C/C=C\C/C=C\CCCCC. The number of hydrogen-bond donors (Lipinski definition) is 4. The minimum Gasteiger partial charge on any atom is -0.463 e. The van der Waals surface area contributed by atoms with Gasteiger partial charge in [-0.1, -0.05) is 378 Å². The van der Waals surface area contributed by atoms with Crippen molar-refractivity contribution in [2.45, 2.75) is 411 Å². The monoisotopic (exact) mass is 1680 g/mol. The van der Waals surface area contributed by atoms with Gasteiger partial charge >= 0.3 is 33.6 Å². The van der Waals surface area contributed by atoms with E-state index in [0.29, 0.717) is 19.3 Å². The molecule has 0 heterocycles. The maximum atomic E-state index is 13.1. The molecule has 18 heteroatoms. The lowest BCUT2D eigenvalue weighted by molar-refractivity contribution is -0.161. The van der Waals surface area contributed by atoms with Crippen LogP contribution >= 0.6 is 15.6 Å². The second kappa shape index (κ2) is 90.4. The molecule has 0 rings (SSSR count). The van der Waals surface area contributed by atoms with E-state index in [1.807, 2.05) is 0 Å². The fraction of sp³-hybridized carbons (Fsp3) is 0.707. The summed E-state index contributed by atoms with van der Waals surface area (Å²) in [5, 5.41) is 20.7. The van der Waals surface area contributed by atoms with Gasteiger partial charge in [0.25, 0.3) is 0 Å². The number of carbonyl (C=O) groups excluding carboxylic acids is 3. The lowest BCUT2D eigenvalue weighted by Gasteiger charge is -2.21. The molecule has 117 heavy (non-hydrogen) atoms. The van der Waals surface area contributed by atoms with Crippen LogP contribution in [0.1, 0.15) is 393 Å². The third-order valence-corrected chi connectivity index (χ3v) is 21.6. The van der Waals surface area contributed by atoms with Crippen LogP contribution in [0.2, 0.25) is 0 Å². The highest BCUT2D eigenvalue weighted by Gasteiger charge is 2.29. The number of aliphatic hydroxyl groups is 2. The molecule has 0 aliphatic rings. The van der Waals surface area contributed by atoms with Crippen molar-refractivity contribution in [2.75, 3.05) is 39.6 Å². The number of phosphoric acid groups is 2. The summed E-state index contributed by atoms with van der Waals surface area (Å²) in [7, 11) is -9.82. The van der Waals surface area contributed by atoms with Crippen LogP contribution in [0.15, 0.2) is 158 Å². The predicted octanol–water partition coefficient (Wildman–Crippen LogP) is 28.9. The molecule has 0 aromatic heterocycles. The number of phosphoric ester groups is 2. The number of ether oxygens (including phenoxy) is 3. The number of rotatable bonds is 88. The zero-order chi connectivity index (χ0) is 85.1. The van der Waals surface area contributed by atoms with Crippen LogP contribution in [0, 0.1) is 0 Å². The van der Waals surface area contributed by atoms with Gasteiger partial charge in [-0.3, -0.25) is 32.5 Å². The average molecular weight is 1680 g/mol. The first kappa shape index (κ1) is 112. The summed E-state index contributed by atoms with van der Waals surface area (Å²) in [5.41, 5.74) is 0. The van der Waals surface area contributed by atoms with Crippen LogP contribution in [0.5, 0.6) is 0 Å². The van der Waals surface area contributed by atoms with Crippen molar-refractivity contribution in [1.82, 2.24) is 0 Å². The molecule has 0 aromatic carbocycles. The van der Waals surface area contributed by atoms with Crippen molar-refractivity contribution >= 4 is 33.6 Å². The third-order valence-electron chi connectivity index (χ3n) is 19.7. The molecule has 16 nitrogen and oxygen atoms in total. The highest BCUT2D eigenvalue weighted by atomic mass is 31.2. The molecular formula is C99H170O16P2. The first-order chi connectivity index (χ1) is 57.2. The van der Waals surface area contributed by atoms with Crippen molar-refractivity contribution in [3.05, 3.63) is 158 Å². The molecule has 0 spiro atoms. The summed E-state index contributed by atoms with van der Waals surface area (Å²) in [6.07, 6.45) is 116. The molecule has 0 saturated heterocycles. The summed E-state index contributed by atoms with van der Waals surface area (Å²) in [6.45, 7) is 2.55. The molecule has 5 atom stereocenters. The summed E-state index contributed by atoms with van der Waals surface area (Å²) in [5.74, 6) is -1.58. The van der Waals surface area contributed by atoms with Gasteiger partial charge in [0.15, 0.2) is 6.10 Å². The second-order valence-corrected chi connectivity index (χ2v) is 34.0. The molecule has 0 amide bonds. The van der Waals surface area contributed by atoms with Crippen LogP contribution in [0.25, 0.3) is 0 Å². The van der Waals surface area contributed by atoms with Gasteiger partial charge in [0.2, 0.25) is 0 Å². The quantitative estimate of drug-likeness (QED) is 0.0146. The van der Waals surface area contributed by atoms with Crippen molar-refractivity contribution in [3.63, 3.8) is 0 Å². The van der Waals surface area contributed by atoms with Gasteiger partial charge in [-0.2, -0.15) is 0 Å². The van der Waals surface area contributed by atoms with Gasteiger partial charge in [0.1, 0.15) is 25.4 Å². The van der Waals surface area contributed by atoms with Crippen molar-refractivity contribution < 1.29 is 75.8 Å². The fourth-order valence-electron chi connectivity index (χ4n) is 12.6. The van der Waals surface area contributed by atoms with E-state index in [1.165, 1.54) is 167 Å². The van der Waals surface area contributed by atoms with Gasteiger partial charge in [0.05, 0.1) is 26.4 Å². The Morgan fingerprint density at radius 2 is 0.453 bits per heavy atom. The molecule has 672 valence electrons. The highest BCUT2D eigenvalue weighted by Crippen LogP contribution is 2.45. The molecule has 0 aromatic rings. The standard InChI is InChI=1S/C99H170O16P2/c1-4-7-10-13-16-19-22-25-28-31-34-37-40-42-44-45-46-47-49-51-53-55-58-61-64-67-70-73-76-79-82-85-97(102)109-88-94(100)89-111-116(105,106)112-90-95(101)91-113-117(107,108)114-93-96(115-99(104)87-84-81-78-75-72-69-66-63-60-57-52-39-36-33-30-27-24-21-18-15-12-9-6-3)92-110-98(103)86-83-80-77-74-71-68-65-62-59-56-54-50-48-43-41-38-35-32-29-26-23-20-17-14-11-8-5-2/h7,10,16-21,25-30,34-39,42-44,48,57,60,94-96,100-101H,4-6,8-9,11-15,22-24,31-33,40-41,45-47,49-56,58-59,61-93H2,1-3H3,(H,105,106)(H,107,108)/b10-7-,19-16-,20-17-,21-18-,28-25-,29-26-,30-27-,37-34-,38-35-,39-36-,44-42-,48-43-,60-57-. The molecule has 0 radical (unpaired) electrons. The Morgan fingerprint density at radius 1 is 0.248 bits per heavy atom. The smallest absolute Gasteiger partial charge is 0.463 e. The lowest BCUT2D eigenvalue weighted by Crippen LogP contribution is -2.30. The highest BCUT2D eigenvalue weighted by molar-refractivity contribution is 7.47. The van der Waals surface area contributed by atoms with Crippen LogP contribution in [-0.4, -0.2) is 95.9 Å². The van der Waals surface area contributed by atoms with Gasteiger partial charge in [-0.05, 0) is 154 Å². The lowest BCUT2D eigenvalue weighted by atomic mass is 10.0. The Morgan fingerprint density at radius 3 is 0.718 bits per heavy atom. The zero-order valence-electron chi connectivity index (χ0n) is 74.1. The molecule has 4 N–H and O–H groups in total. The Bertz CT molecular complexity index is 2760. The summed E-state index contributed by atoms with van der Waals surface area (Å²) >= 11 is 0. The molecule has 0 saturated carbocycles. The fourth-order valence-corrected chi connectivity index (χ4v) is 14.2. The summed E-state index contributed by atoms with van der Waals surface area (Å²) in [6, 6.07) is 0. The van der Waals surface area contributed by atoms with Gasteiger partial charge in [-0.25, -0.2) is 9.13 Å². The van der Waals surface area contributed by atoms with E-state index < -0.39 is 91.5 Å². The van der Waals surface area contributed by atoms with E-state index in [9.17, 15) is 43.5 Å². The maximum Gasteiger partial charge on any atom is 0.472 e. The van der Waals surface area contributed by atoms with Gasteiger partial charge < -0.3 is 34.2 Å². The summed E-state index contributed by atoms with van der Waals surface area (Å²) in [4.78, 5) is 59.0. The Hall–Kier alpha value is -4.83. The van der Waals surface area contributed by atoms with Crippen LogP contribution in [-0.2, 0) is 55.8 Å². The Labute approximate surface area is 714 Å².